The maximum absolute atomic E-state index is 11.4. The van der Waals surface area contributed by atoms with Crippen molar-refractivity contribution in [3.63, 3.8) is 0 Å². The van der Waals surface area contributed by atoms with Crippen molar-refractivity contribution < 1.29 is 19.0 Å². The highest BCUT2D eigenvalue weighted by Gasteiger charge is 2.19. The van der Waals surface area contributed by atoms with E-state index in [2.05, 4.69) is 13.8 Å². The Morgan fingerprint density at radius 3 is 2.23 bits per heavy atom. The number of hydrogen-bond donors (Lipinski definition) is 0. The van der Waals surface area contributed by atoms with E-state index in [1.165, 1.54) is 32.1 Å². The molecular formula is C21H41NO4. The molecule has 0 aromatic heterocycles. The van der Waals surface area contributed by atoms with Gasteiger partial charge in [-0.25, -0.2) is 4.79 Å². The van der Waals surface area contributed by atoms with Crippen molar-refractivity contribution in [1.82, 2.24) is 4.90 Å². The molecule has 5 nitrogen and oxygen atoms in total. The molecule has 2 rings (SSSR count). The van der Waals surface area contributed by atoms with Gasteiger partial charge < -0.3 is 19.1 Å². The largest absolute Gasteiger partial charge is 0.450 e. The van der Waals surface area contributed by atoms with Gasteiger partial charge in [-0.15, -0.1) is 0 Å². The van der Waals surface area contributed by atoms with Gasteiger partial charge in [-0.2, -0.15) is 0 Å². The molecule has 1 saturated heterocycles. The smallest absolute Gasteiger partial charge is 0.409 e. The minimum absolute atomic E-state index is 0.142. The first-order chi connectivity index (χ1) is 12.6. The van der Waals surface area contributed by atoms with E-state index in [9.17, 15) is 4.79 Å². The molecule has 1 aliphatic carbocycles. The van der Waals surface area contributed by atoms with Gasteiger partial charge in [-0.1, -0.05) is 13.8 Å². The monoisotopic (exact) mass is 371 g/mol. The number of rotatable bonds is 6. The molecule has 1 amide bonds. The zero-order valence-electron chi connectivity index (χ0n) is 17.5. The number of carbonyl (C=O) groups is 1. The van der Waals surface area contributed by atoms with Gasteiger partial charge >= 0.3 is 6.09 Å². The van der Waals surface area contributed by atoms with E-state index in [4.69, 9.17) is 14.2 Å². The van der Waals surface area contributed by atoms with Crippen LogP contribution in [0, 0.1) is 11.8 Å². The molecule has 0 spiro atoms. The molecule has 1 atom stereocenters. The number of ether oxygens (including phenoxy) is 3. The predicted octanol–water partition coefficient (Wildman–Crippen LogP) is 4.88. The van der Waals surface area contributed by atoms with Crippen LogP contribution in [0.1, 0.15) is 72.6 Å². The van der Waals surface area contributed by atoms with Crippen LogP contribution < -0.4 is 0 Å². The molecule has 26 heavy (non-hydrogen) atoms. The first kappa shape index (κ1) is 23.2. The summed E-state index contributed by atoms with van der Waals surface area (Å²) in [6, 6.07) is 0. The lowest BCUT2D eigenvalue weighted by Crippen LogP contribution is -2.32. The van der Waals surface area contributed by atoms with Gasteiger partial charge in [0.1, 0.15) is 0 Å². The van der Waals surface area contributed by atoms with Gasteiger partial charge in [0.15, 0.2) is 0 Å². The molecule has 1 aliphatic heterocycles. The number of hydrogen-bond acceptors (Lipinski definition) is 4. The van der Waals surface area contributed by atoms with Crippen molar-refractivity contribution in [2.45, 2.75) is 78.7 Å². The highest BCUT2D eigenvalue weighted by molar-refractivity contribution is 5.67. The second-order valence-electron chi connectivity index (χ2n) is 7.67. The summed E-state index contributed by atoms with van der Waals surface area (Å²) in [5.74, 6) is 1.66. The number of carbonyl (C=O) groups excluding carboxylic acids is 1. The van der Waals surface area contributed by atoms with Crippen molar-refractivity contribution in [2.24, 2.45) is 11.8 Å². The van der Waals surface area contributed by atoms with Gasteiger partial charge in [-0.3, -0.25) is 0 Å². The first-order valence-corrected chi connectivity index (χ1v) is 10.7. The van der Waals surface area contributed by atoms with Crippen LogP contribution in [0.5, 0.6) is 0 Å². The second kappa shape index (κ2) is 14.3. The van der Waals surface area contributed by atoms with Crippen LogP contribution in [0.4, 0.5) is 4.79 Å². The zero-order valence-corrected chi connectivity index (χ0v) is 17.5. The third kappa shape index (κ3) is 10.4. The maximum Gasteiger partial charge on any atom is 0.409 e. The molecule has 154 valence electrons. The van der Waals surface area contributed by atoms with Gasteiger partial charge in [0, 0.05) is 19.7 Å². The van der Waals surface area contributed by atoms with Gasteiger partial charge in [0.25, 0.3) is 0 Å². The van der Waals surface area contributed by atoms with Crippen molar-refractivity contribution in [2.75, 3.05) is 39.5 Å². The van der Waals surface area contributed by atoms with E-state index >= 15 is 0 Å². The molecule has 5 heteroatoms. The lowest BCUT2D eigenvalue weighted by Gasteiger charge is -2.26. The van der Waals surface area contributed by atoms with E-state index in [1.807, 2.05) is 18.7 Å². The van der Waals surface area contributed by atoms with E-state index in [0.717, 1.165) is 57.6 Å². The lowest BCUT2D eigenvalue weighted by atomic mass is 9.89. The Balaban J connectivity index is 0.000000260. The SMILES string of the molecule is CCOC(=O)N1CCCC(C)CC1.CCOCCOC1CCC(C)CC1. The molecule has 0 aromatic carbocycles. The molecule has 1 unspecified atom stereocenters. The number of amides is 1. The van der Waals surface area contributed by atoms with E-state index in [-0.39, 0.29) is 6.09 Å². The second-order valence-corrected chi connectivity index (χ2v) is 7.67. The third-order valence-corrected chi connectivity index (χ3v) is 5.29. The Morgan fingerprint density at radius 1 is 0.885 bits per heavy atom. The first-order valence-electron chi connectivity index (χ1n) is 10.7. The standard InChI is InChI=1S/C11H22O2.C10H19NO2/c1-3-12-8-9-13-11-6-4-10(2)5-7-11;1-3-13-10(12)11-7-4-5-9(2)6-8-11/h10-11H,3-9H2,1-2H3;9H,3-8H2,1-2H3. The van der Waals surface area contributed by atoms with Crippen LogP contribution in [0.15, 0.2) is 0 Å². The summed E-state index contributed by atoms with van der Waals surface area (Å²) in [7, 11) is 0. The predicted molar refractivity (Wildman–Crippen MR) is 105 cm³/mol. The molecule has 2 aliphatic rings. The Labute approximate surface area is 160 Å². The summed E-state index contributed by atoms with van der Waals surface area (Å²) in [5, 5.41) is 0. The van der Waals surface area contributed by atoms with Crippen molar-refractivity contribution in [3.05, 3.63) is 0 Å². The Hall–Kier alpha value is -0.810. The molecule has 0 bridgehead atoms. The van der Waals surface area contributed by atoms with E-state index in [0.29, 0.717) is 12.7 Å². The quantitative estimate of drug-likeness (QED) is 0.624. The van der Waals surface area contributed by atoms with E-state index in [1.54, 1.807) is 0 Å². The molecule has 2 fully saturated rings. The molecular weight excluding hydrogens is 330 g/mol. The van der Waals surface area contributed by atoms with Crippen LogP contribution in [0.2, 0.25) is 0 Å². The Bertz CT molecular complexity index is 356. The summed E-state index contributed by atoms with van der Waals surface area (Å²) in [6.45, 7) is 13.0. The van der Waals surface area contributed by atoms with Gasteiger partial charge in [0.05, 0.1) is 25.9 Å². The Morgan fingerprint density at radius 2 is 1.58 bits per heavy atom. The molecule has 0 radical (unpaired) electrons. The summed E-state index contributed by atoms with van der Waals surface area (Å²) in [5.41, 5.74) is 0. The normalized spacial score (nSPS) is 26.5. The van der Waals surface area contributed by atoms with Crippen molar-refractivity contribution >= 4 is 6.09 Å². The number of nitrogens with zero attached hydrogens (tertiary/aromatic N) is 1. The minimum atomic E-state index is -0.142. The molecule has 0 N–H and O–H groups in total. The van der Waals surface area contributed by atoms with Crippen LogP contribution in [0.3, 0.4) is 0 Å². The zero-order chi connectivity index (χ0) is 19.2. The van der Waals surface area contributed by atoms with Crippen LogP contribution in [0.25, 0.3) is 0 Å². The van der Waals surface area contributed by atoms with Crippen molar-refractivity contribution in [3.8, 4) is 0 Å². The van der Waals surface area contributed by atoms with Gasteiger partial charge in [0.2, 0.25) is 0 Å². The van der Waals surface area contributed by atoms with Crippen LogP contribution >= 0.6 is 0 Å². The fourth-order valence-electron chi connectivity index (χ4n) is 3.47. The molecule has 0 aromatic rings. The summed E-state index contributed by atoms with van der Waals surface area (Å²) in [4.78, 5) is 13.2. The van der Waals surface area contributed by atoms with Crippen LogP contribution in [-0.2, 0) is 14.2 Å². The highest BCUT2D eigenvalue weighted by atomic mass is 16.6. The van der Waals surface area contributed by atoms with Crippen molar-refractivity contribution in [1.29, 1.82) is 0 Å². The van der Waals surface area contributed by atoms with Gasteiger partial charge in [-0.05, 0) is 70.6 Å². The summed E-state index contributed by atoms with van der Waals surface area (Å²) in [6.07, 6.45) is 8.97. The summed E-state index contributed by atoms with van der Waals surface area (Å²) < 4.78 is 15.9. The Kier molecular flexibility index (Phi) is 12.8. The average molecular weight is 372 g/mol. The fourth-order valence-corrected chi connectivity index (χ4v) is 3.47. The molecule has 1 saturated carbocycles. The average Bonchev–Trinajstić information content (AvgIpc) is 2.86. The summed E-state index contributed by atoms with van der Waals surface area (Å²) >= 11 is 0. The number of likely N-dealkylation sites (tertiary alicyclic amines) is 1. The maximum atomic E-state index is 11.4. The lowest BCUT2D eigenvalue weighted by molar-refractivity contribution is -0.0133. The topological polar surface area (TPSA) is 48.0 Å². The fraction of sp³-hybridized carbons (Fsp3) is 0.952. The van der Waals surface area contributed by atoms with E-state index < -0.39 is 0 Å². The van der Waals surface area contributed by atoms with Crippen LogP contribution in [-0.4, -0.2) is 56.6 Å². The minimum Gasteiger partial charge on any atom is -0.450 e. The third-order valence-electron chi connectivity index (χ3n) is 5.29. The molecule has 1 heterocycles. The highest BCUT2D eigenvalue weighted by Crippen LogP contribution is 2.25.